The van der Waals surface area contributed by atoms with E-state index in [2.05, 4.69) is 43.1 Å². The number of carbonyl (C=O) groups excluding carboxylic acids is 3. The van der Waals surface area contributed by atoms with Crippen LogP contribution in [0.25, 0.3) is 0 Å². The van der Waals surface area contributed by atoms with Crippen molar-refractivity contribution in [2.24, 2.45) is 5.92 Å². The molecule has 1 atom stereocenters. The summed E-state index contributed by atoms with van der Waals surface area (Å²) in [5.74, 6) is -0.830. The minimum Gasteiger partial charge on any atom is -0.356 e. The first-order valence-electron chi connectivity index (χ1n) is 13.2. The lowest BCUT2D eigenvalue weighted by atomic mass is 9.86. The van der Waals surface area contributed by atoms with Crippen molar-refractivity contribution in [2.45, 2.75) is 72.8 Å². The van der Waals surface area contributed by atoms with Gasteiger partial charge in [0.05, 0.1) is 12.5 Å². The highest BCUT2D eigenvalue weighted by Crippen LogP contribution is 2.32. The number of hydrogen-bond donors (Lipinski definition) is 1. The molecule has 2 rings (SSSR count). The molecule has 0 saturated carbocycles. The number of rotatable bonds is 11. The van der Waals surface area contributed by atoms with Crippen LogP contribution in [0.2, 0.25) is 0 Å². The Morgan fingerprint density at radius 2 is 1.69 bits per heavy atom. The quantitative estimate of drug-likeness (QED) is 0.469. The molecule has 0 saturated heterocycles. The molecule has 200 valence electrons. The third kappa shape index (κ3) is 7.92. The Morgan fingerprint density at radius 3 is 2.22 bits per heavy atom. The molecule has 1 N–H and O–H groups in total. The van der Waals surface area contributed by atoms with Gasteiger partial charge in [-0.3, -0.25) is 14.4 Å². The van der Waals surface area contributed by atoms with E-state index in [-0.39, 0.29) is 29.6 Å². The van der Waals surface area contributed by atoms with Gasteiger partial charge in [0.2, 0.25) is 11.8 Å². The van der Waals surface area contributed by atoms with E-state index in [1.165, 1.54) is 5.56 Å². The van der Waals surface area contributed by atoms with Gasteiger partial charge in [0, 0.05) is 37.3 Å². The fourth-order valence-electron chi connectivity index (χ4n) is 4.54. The van der Waals surface area contributed by atoms with Crippen LogP contribution in [0.15, 0.2) is 35.5 Å². The van der Waals surface area contributed by atoms with Gasteiger partial charge in [-0.1, -0.05) is 45.0 Å². The average Bonchev–Trinajstić information content (AvgIpc) is 2.81. The molecule has 0 spiro atoms. The van der Waals surface area contributed by atoms with Crippen molar-refractivity contribution in [1.82, 2.24) is 20.0 Å². The van der Waals surface area contributed by atoms with Gasteiger partial charge < -0.3 is 20.0 Å². The molecule has 1 aliphatic rings. The molecule has 0 radical (unpaired) electrons. The molecule has 1 heterocycles. The Morgan fingerprint density at radius 1 is 1.08 bits per heavy atom. The highest BCUT2D eigenvalue weighted by Gasteiger charge is 2.37. The van der Waals surface area contributed by atoms with Crippen molar-refractivity contribution >= 4 is 17.7 Å². The first kappa shape index (κ1) is 29.6. The Balaban J connectivity index is 2.27. The van der Waals surface area contributed by atoms with Crippen molar-refractivity contribution in [1.29, 1.82) is 0 Å². The number of benzene rings is 1. The van der Waals surface area contributed by atoms with Crippen molar-refractivity contribution in [3.63, 3.8) is 0 Å². The maximum Gasteiger partial charge on any atom is 0.251 e. The number of carbonyl (C=O) groups is 3. The smallest absolute Gasteiger partial charge is 0.251 e. The van der Waals surface area contributed by atoms with Gasteiger partial charge in [-0.15, -0.1) is 0 Å². The maximum absolute atomic E-state index is 13.6. The maximum atomic E-state index is 13.6. The summed E-state index contributed by atoms with van der Waals surface area (Å²) in [5.41, 5.74) is 3.60. The van der Waals surface area contributed by atoms with Crippen LogP contribution >= 0.6 is 0 Å². The number of likely N-dealkylation sites (N-methyl/N-ethyl adjacent to an activating group) is 1. The van der Waals surface area contributed by atoms with Crippen LogP contribution in [-0.2, 0) is 26.3 Å². The number of nitrogens with zero attached hydrogens (tertiary/aromatic N) is 3. The molecular weight excluding hydrogens is 452 g/mol. The van der Waals surface area contributed by atoms with E-state index in [0.717, 1.165) is 18.5 Å². The lowest BCUT2D eigenvalue weighted by molar-refractivity contribution is -0.139. The molecule has 1 unspecified atom stereocenters. The van der Waals surface area contributed by atoms with Crippen LogP contribution < -0.4 is 5.32 Å². The second-order valence-electron chi connectivity index (χ2n) is 11.0. The van der Waals surface area contributed by atoms with Crippen molar-refractivity contribution in [3.8, 4) is 0 Å². The van der Waals surface area contributed by atoms with Gasteiger partial charge in [0.1, 0.15) is 0 Å². The zero-order valence-corrected chi connectivity index (χ0v) is 23.6. The molecule has 1 aromatic carbocycles. The molecule has 1 aliphatic heterocycles. The van der Waals surface area contributed by atoms with E-state index in [9.17, 15) is 14.4 Å². The first-order chi connectivity index (χ1) is 16.9. The molecule has 7 heteroatoms. The SMILES string of the molecule is CCN(CC)C(=O)C1=C(C)N(Cc2ccc(C(C)(C)C)cc2)C(=O)C(CC(=O)NCCCN(C)C)C1. The monoisotopic (exact) mass is 498 g/mol. The van der Waals surface area contributed by atoms with Crippen LogP contribution in [0.1, 0.15) is 71.9 Å². The van der Waals surface area contributed by atoms with E-state index in [1.807, 2.05) is 47.0 Å². The summed E-state index contributed by atoms with van der Waals surface area (Å²) in [7, 11) is 3.99. The molecule has 0 aliphatic carbocycles. The standard InChI is InChI=1S/C29H46N4O3/c1-9-32(10-2)28(36)25-18-23(19-26(34)30-16-11-17-31(7)8)27(35)33(21(25)3)20-22-12-14-24(15-13-22)29(4,5)6/h12-15,23H,9-11,16-20H2,1-8H3,(H,30,34). The summed E-state index contributed by atoms with van der Waals surface area (Å²) < 4.78 is 0. The summed E-state index contributed by atoms with van der Waals surface area (Å²) in [4.78, 5) is 45.2. The number of nitrogens with one attached hydrogen (secondary N) is 1. The third-order valence-electron chi connectivity index (χ3n) is 6.91. The van der Waals surface area contributed by atoms with E-state index < -0.39 is 5.92 Å². The lowest BCUT2D eigenvalue weighted by Crippen LogP contribution is -2.44. The number of allylic oxidation sites excluding steroid dienone is 1. The van der Waals surface area contributed by atoms with E-state index in [4.69, 9.17) is 0 Å². The Kier molecular flexibility index (Phi) is 10.7. The molecule has 3 amide bonds. The van der Waals surface area contributed by atoms with Crippen molar-refractivity contribution in [3.05, 3.63) is 46.7 Å². The van der Waals surface area contributed by atoms with Crippen LogP contribution in [0.5, 0.6) is 0 Å². The third-order valence-corrected chi connectivity index (χ3v) is 6.91. The summed E-state index contributed by atoms with van der Waals surface area (Å²) >= 11 is 0. The van der Waals surface area contributed by atoms with Crippen molar-refractivity contribution in [2.75, 3.05) is 40.3 Å². The summed E-state index contributed by atoms with van der Waals surface area (Å²) in [5, 5.41) is 2.94. The molecule has 36 heavy (non-hydrogen) atoms. The highest BCUT2D eigenvalue weighted by molar-refractivity contribution is 5.98. The predicted octanol–water partition coefficient (Wildman–Crippen LogP) is 3.93. The predicted molar refractivity (Wildman–Crippen MR) is 145 cm³/mol. The van der Waals surface area contributed by atoms with Gasteiger partial charge >= 0.3 is 0 Å². The van der Waals surface area contributed by atoms with Crippen LogP contribution in [0.3, 0.4) is 0 Å². The minimum absolute atomic E-state index is 0.0453. The van der Waals surface area contributed by atoms with Gasteiger partial charge in [-0.05, 0) is 70.8 Å². The summed E-state index contributed by atoms with van der Waals surface area (Å²) in [6.45, 7) is 15.3. The Hall–Kier alpha value is -2.67. The highest BCUT2D eigenvalue weighted by atomic mass is 16.2. The Labute approximate surface area is 217 Å². The normalized spacial score (nSPS) is 16.5. The Bertz CT molecular complexity index is 940. The number of hydrogen-bond acceptors (Lipinski definition) is 4. The fourth-order valence-corrected chi connectivity index (χ4v) is 4.54. The van der Waals surface area contributed by atoms with E-state index in [0.29, 0.717) is 43.9 Å². The molecule has 0 fully saturated rings. The molecule has 0 bridgehead atoms. The van der Waals surface area contributed by atoms with Crippen LogP contribution in [0, 0.1) is 5.92 Å². The van der Waals surface area contributed by atoms with Gasteiger partial charge in [-0.25, -0.2) is 0 Å². The van der Waals surface area contributed by atoms with Gasteiger partial charge in [0.25, 0.3) is 5.91 Å². The number of amides is 3. The first-order valence-corrected chi connectivity index (χ1v) is 13.2. The lowest BCUT2D eigenvalue weighted by Gasteiger charge is -2.36. The van der Waals surface area contributed by atoms with E-state index >= 15 is 0 Å². The molecule has 1 aromatic rings. The zero-order chi connectivity index (χ0) is 27.0. The van der Waals surface area contributed by atoms with Crippen LogP contribution in [-0.4, -0.2) is 72.7 Å². The molecule has 0 aromatic heterocycles. The average molecular weight is 499 g/mol. The van der Waals surface area contributed by atoms with Gasteiger partial charge in [0.15, 0.2) is 0 Å². The second kappa shape index (κ2) is 13.0. The minimum atomic E-state index is -0.550. The summed E-state index contributed by atoms with van der Waals surface area (Å²) in [6.07, 6.45) is 1.23. The largest absolute Gasteiger partial charge is 0.356 e. The molecule has 7 nitrogen and oxygen atoms in total. The fraction of sp³-hybridized carbons (Fsp3) is 0.621. The van der Waals surface area contributed by atoms with Crippen LogP contribution in [0.4, 0.5) is 0 Å². The van der Waals surface area contributed by atoms with Gasteiger partial charge in [-0.2, -0.15) is 0 Å². The second-order valence-corrected chi connectivity index (χ2v) is 11.0. The topological polar surface area (TPSA) is 73.0 Å². The molecular formula is C29H46N4O3. The van der Waals surface area contributed by atoms with E-state index in [1.54, 1.807) is 9.80 Å². The zero-order valence-electron chi connectivity index (χ0n) is 23.6. The van der Waals surface area contributed by atoms with Crippen molar-refractivity contribution < 1.29 is 14.4 Å². The summed E-state index contributed by atoms with van der Waals surface area (Å²) in [6, 6.07) is 8.30.